The Labute approximate surface area is 154 Å². The highest BCUT2D eigenvalue weighted by atomic mass is 16.6. The van der Waals surface area contributed by atoms with Crippen LogP contribution in [0.1, 0.15) is 6.92 Å². The fourth-order valence-corrected chi connectivity index (χ4v) is 2.83. The highest BCUT2D eigenvalue weighted by molar-refractivity contribution is 5.84. The van der Waals surface area contributed by atoms with E-state index < -0.39 is 4.92 Å². The number of rotatable bonds is 5. The zero-order valence-corrected chi connectivity index (χ0v) is 14.4. The van der Waals surface area contributed by atoms with Crippen molar-refractivity contribution in [3.8, 4) is 23.0 Å². The van der Waals surface area contributed by atoms with Gasteiger partial charge in [0.1, 0.15) is 5.39 Å². The molecule has 134 valence electrons. The summed E-state index contributed by atoms with van der Waals surface area (Å²) in [6.07, 6.45) is 1.64. The number of para-hydroxylation sites is 2. The van der Waals surface area contributed by atoms with Crippen LogP contribution >= 0.6 is 0 Å². The van der Waals surface area contributed by atoms with Gasteiger partial charge < -0.3 is 4.74 Å². The number of ether oxygens (including phenoxy) is 1. The predicted molar refractivity (Wildman–Crippen MR) is 99.9 cm³/mol. The maximum absolute atomic E-state index is 11.4. The molecule has 0 saturated heterocycles. The SMILES string of the molecule is CCOc1nc(-c2ccccc2[N+](=O)[O-])nc2c1cnn2-c1ccccc1. The number of nitrogens with zero attached hydrogens (tertiary/aromatic N) is 5. The van der Waals surface area contributed by atoms with E-state index in [0.29, 0.717) is 29.1 Å². The summed E-state index contributed by atoms with van der Waals surface area (Å²) in [6, 6.07) is 15.9. The van der Waals surface area contributed by atoms with Crippen LogP contribution in [-0.4, -0.2) is 31.3 Å². The molecule has 4 aromatic rings. The quantitative estimate of drug-likeness (QED) is 0.396. The Hall–Kier alpha value is -3.81. The topological polar surface area (TPSA) is 96.0 Å². The van der Waals surface area contributed by atoms with Crippen LogP contribution in [0.4, 0.5) is 5.69 Å². The number of aromatic nitrogens is 4. The van der Waals surface area contributed by atoms with Gasteiger partial charge in [0.2, 0.25) is 5.88 Å². The van der Waals surface area contributed by atoms with Crippen LogP contribution in [-0.2, 0) is 0 Å². The molecular formula is C19H15N5O3. The van der Waals surface area contributed by atoms with Crippen LogP contribution in [0.5, 0.6) is 5.88 Å². The summed E-state index contributed by atoms with van der Waals surface area (Å²) in [6.45, 7) is 2.25. The molecule has 8 nitrogen and oxygen atoms in total. The number of nitro benzene ring substituents is 1. The van der Waals surface area contributed by atoms with Crippen molar-refractivity contribution in [2.24, 2.45) is 0 Å². The third-order valence-electron chi connectivity index (χ3n) is 4.02. The van der Waals surface area contributed by atoms with Gasteiger partial charge in [-0.2, -0.15) is 10.1 Å². The van der Waals surface area contributed by atoms with Gasteiger partial charge in [0, 0.05) is 6.07 Å². The molecule has 0 aliphatic carbocycles. The van der Waals surface area contributed by atoms with Crippen molar-refractivity contribution in [2.75, 3.05) is 6.61 Å². The van der Waals surface area contributed by atoms with E-state index in [1.165, 1.54) is 6.07 Å². The van der Waals surface area contributed by atoms with Crippen LogP contribution in [0.15, 0.2) is 60.8 Å². The van der Waals surface area contributed by atoms with Gasteiger partial charge in [0.15, 0.2) is 11.5 Å². The molecule has 8 heteroatoms. The second-order valence-corrected chi connectivity index (χ2v) is 5.69. The molecule has 2 aromatic carbocycles. The van der Waals surface area contributed by atoms with Crippen molar-refractivity contribution in [3.05, 3.63) is 70.9 Å². The number of hydrogen-bond donors (Lipinski definition) is 0. The Morgan fingerprint density at radius 1 is 1.07 bits per heavy atom. The molecule has 0 N–H and O–H groups in total. The van der Waals surface area contributed by atoms with Gasteiger partial charge in [0.05, 0.1) is 29.0 Å². The average Bonchev–Trinajstić information content (AvgIpc) is 3.13. The van der Waals surface area contributed by atoms with Gasteiger partial charge >= 0.3 is 0 Å². The fraction of sp³-hybridized carbons (Fsp3) is 0.105. The highest BCUT2D eigenvalue weighted by Gasteiger charge is 2.21. The molecular weight excluding hydrogens is 346 g/mol. The summed E-state index contributed by atoms with van der Waals surface area (Å²) in [5.74, 6) is 0.564. The van der Waals surface area contributed by atoms with Crippen molar-refractivity contribution in [2.45, 2.75) is 6.92 Å². The monoisotopic (exact) mass is 361 g/mol. The van der Waals surface area contributed by atoms with E-state index in [1.54, 1.807) is 29.1 Å². The maximum Gasteiger partial charge on any atom is 0.280 e. The first kappa shape index (κ1) is 16.6. The second-order valence-electron chi connectivity index (χ2n) is 5.69. The van der Waals surface area contributed by atoms with Gasteiger partial charge in [0.25, 0.3) is 5.69 Å². The Morgan fingerprint density at radius 3 is 2.56 bits per heavy atom. The molecule has 0 spiro atoms. The van der Waals surface area contributed by atoms with Crippen LogP contribution < -0.4 is 4.74 Å². The van der Waals surface area contributed by atoms with Crippen molar-refractivity contribution < 1.29 is 9.66 Å². The van der Waals surface area contributed by atoms with E-state index in [2.05, 4.69) is 15.1 Å². The highest BCUT2D eigenvalue weighted by Crippen LogP contribution is 2.32. The molecule has 27 heavy (non-hydrogen) atoms. The lowest BCUT2D eigenvalue weighted by atomic mass is 10.1. The zero-order chi connectivity index (χ0) is 18.8. The molecule has 0 atom stereocenters. The fourth-order valence-electron chi connectivity index (χ4n) is 2.83. The van der Waals surface area contributed by atoms with E-state index in [9.17, 15) is 10.1 Å². The average molecular weight is 361 g/mol. The van der Waals surface area contributed by atoms with Gasteiger partial charge in [-0.05, 0) is 25.1 Å². The van der Waals surface area contributed by atoms with Crippen LogP contribution in [0.3, 0.4) is 0 Å². The first-order valence-corrected chi connectivity index (χ1v) is 8.37. The van der Waals surface area contributed by atoms with Crippen molar-refractivity contribution in [1.29, 1.82) is 0 Å². The molecule has 0 radical (unpaired) electrons. The van der Waals surface area contributed by atoms with E-state index in [1.807, 2.05) is 37.3 Å². The molecule has 0 unspecified atom stereocenters. The molecule has 0 aliphatic heterocycles. The number of nitro groups is 1. The Bertz CT molecular complexity index is 1120. The number of hydrogen-bond acceptors (Lipinski definition) is 6. The number of fused-ring (bicyclic) bond motifs is 1. The molecule has 0 bridgehead atoms. The largest absolute Gasteiger partial charge is 0.477 e. The van der Waals surface area contributed by atoms with Gasteiger partial charge in [-0.15, -0.1) is 0 Å². The molecule has 4 rings (SSSR count). The lowest BCUT2D eigenvalue weighted by molar-refractivity contribution is -0.384. The number of benzene rings is 2. The minimum atomic E-state index is -0.447. The lowest BCUT2D eigenvalue weighted by Gasteiger charge is -2.08. The molecule has 0 amide bonds. The summed E-state index contributed by atoms with van der Waals surface area (Å²) in [5.41, 5.74) is 1.60. The molecule has 0 saturated carbocycles. The standard InChI is InChI=1S/C19H15N5O3/c1-2-27-19-15-12-20-23(13-8-4-3-5-9-13)18(15)21-17(22-19)14-10-6-7-11-16(14)24(25)26/h3-12H,2H2,1H3. The Kier molecular flexibility index (Phi) is 4.21. The summed E-state index contributed by atoms with van der Waals surface area (Å²) in [4.78, 5) is 20.0. The van der Waals surface area contributed by atoms with Crippen molar-refractivity contribution in [3.63, 3.8) is 0 Å². The molecule has 2 heterocycles. The smallest absolute Gasteiger partial charge is 0.280 e. The van der Waals surface area contributed by atoms with Gasteiger partial charge in [-0.25, -0.2) is 9.67 Å². The van der Waals surface area contributed by atoms with Crippen LogP contribution in [0.2, 0.25) is 0 Å². The minimum absolute atomic E-state index is 0.0647. The summed E-state index contributed by atoms with van der Waals surface area (Å²) in [5, 5.41) is 16.5. The van der Waals surface area contributed by atoms with E-state index in [0.717, 1.165) is 5.69 Å². The van der Waals surface area contributed by atoms with Crippen LogP contribution in [0, 0.1) is 10.1 Å². The summed E-state index contributed by atoms with van der Waals surface area (Å²) < 4.78 is 7.32. The van der Waals surface area contributed by atoms with Crippen molar-refractivity contribution in [1.82, 2.24) is 19.7 Å². The van der Waals surface area contributed by atoms with E-state index in [-0.39, 0.29) is 11.5 Å². The van der Waals surface area contributed by atoms with Crippen molar-refractivity contribution >= 4 is 16.7 Å². The third kappa shape index (κ3) is 2.97. The molecule has 0 aliphatic rings. The zero-order valence-electron chi connectivity index (χ0n) is 14.4. The Morgan fingerprint density at radius 2 is 1.81 bits per heavy atom. The van der Waals surface area contributed by atoms with Gasteiger partial charge in [-0.1, -0.05) is 30.3 Å². The first-order valence-electron chi connectivity index (χ1n) is 8.37. The van der Waals surface area contributed by atoms with E-state index >= 15 is 0 Å². The normalized spacial score (nSPS) is 10.9. The summed E-state index contributed by atoms with van der Waals surface area (Å²) in [7, 11) is 0. The van der Waals surface area contributed by atoms with Crippen LogP contribution in [0.25, 0.3) is 28.1 Å². The second kappa shape index (κ2) is 6.83. The maximum atomic E-state index is 11.4. The summed E-state index contributed by atoms with van der Waals surface area (Å²) >= 11 is 0. The lowest BCUT2D eigenvalue weighted by Crippen LogP contribution is -2.03. The first-order chi connectivity index (χ1) is 13.2. The van der Waals surface area contributed by atoms with Gasteiger partial charge in [-0.3, -0.25) is 10.1 Å². The Balaban J connectivity index is 1.99. The third-order valence-corrected chi connectivity index (χ3v) is 4.02. The minimum Gasteiger partial charge on any atom is -0.477 e. The van der Waals surface area contributed by atoms with E-state index in [4.69, 9.17) is 4.74 Å². The predicted octanol–water partition coefficient (Wildman–Crippen LogP) is 3.79. The molecule has 0 fully saturated rings. The molecule has 2 aromatic heterocycles.